The van der Waals surface area contributed by atoms with Crippen molar-refractivity contribution >= 4 is 0 Å². The summed E-state index contributed by atoms with van der Waals surface area (Å²) < 4.78 is 0. The first-order chi connectivity index (χ1) is 6.77. The van der Waals surface area contributed by atoms with Gasteiger partial charge in [0.1, 0.15) is 6.54 Å². The second-order valence-corrected chi connectivity index (χ2v) is 2.80. The van der Waals surface area contributed by atoms with E-state index in [0.717, 1.165) is 5.56 Å². The summed E-state index contributed by atoms with van der Waals surface area (Å²) in [7, 11) is 0. The molecule has 6 heteroatoms. The van der Waals surface area contributed by atoms with Gasteiger partial charge in [0.2, 0.25) is 0 Å². The summed E-state index contributed by atoms with van der Waals surface area (Å²) in [4.78, 5) is 0.0764. The van der Waals surface area contributed by atoms with E-state index >= 15 is 0 Å². The minimum Gasteiger partial charge on any atom is -0.737 e. The van der Waals surface area contributed by atoms with E-state index in [2.05, 4.69) is 5.28 Å². The summed E-state index contributed by atoms with van der Waals surface area (Å²) in [6, 6.07) is 9.44. The molecule has 0 atom stereocenters. The van der Waals surface area contributed by atoms with Crippen LogP contribution in [0, 0.1) is 10.4 Å². The number of hydrogen-bond donors (Lipinski definition) is 0. The second kappa shape index (κ2) is 7.50. The molecular weight excluding hydrogens is 205 g/mol. The fourth-order valence-electron chi connectivity index (χ4n) is 1.14. The van der Waals surface area contributed by atoms with Crippen LogP contribution in [-0.2, 0) is 6.54 Å². The largest absolute Gasteiger partial charge is 1.00 e. The zero-order chi connectivity index (χ0) is 10.4. The number of nitrogens with zero attached hydrogens (tertiary/aromatic N) is 3. The maximum absolute atomic E-state index is 10.9. The van der Waals surface area contributed by atoms with E-state index in [1.807, 2.05) is 30.3 Å². The Kier molecular flexibility index (Phi) is 7.11. The fourth-order valence-corrected chi connectivity index (χ4v) is 1.14. The van der Waals surface area contributed by atoms with E-state index in [0.29, 0.717) is 13.1 Å². The van der Waals surface area contributed by atoms with Crippen molar-refractivity contribution < 1.29 is 34.5 Å². The van der Waals surface area contributed by atoms with E-state index < -0.39 is 0 Å². The van der Waals surface area contributed by atoms with Crippen molar-refractivity contribution in [2.75, 3.05) is 6.54 Å². The average molecular weight is 217 g/mol. The summed E-state index contributed by atoms with van der Waals surface area (Å²) in [5.74, 6) is 0. The molecule has 0 aliphatic rings. The molecule has 0 spiro atoms. The van der Waals surface area contributed by atoms with Gasteiger partial charge in [-0.15, -0.1) is 5.01 Å². The summed E-state index contributed by atoms with van der Waals surface area (Å²) >= 11 is 0. The maximum atomic E-state index is 10.9. The summed E-state index contributed by atoms with van der Waals surface area (Å²) in [6.07, 6.45) is 0. The van der Waals surface area contributed by atoms with Gasteiger partial charge in [-0.2, -0.15) is 0 Å². The third kappa shape index (κ3) is 4.51. The first-order valence-electron chi connectivity index (χ1n) is 4.37. The molecule has 0 heterocycles. The van der Waals surface area contributed by atoms with E-state index in [9.17, 15) is 10.4 Å². The molecule has 0 fully saturated rings. The number of hydrogen-bond acceptors (Lipinski definition) is 3. The van der Waals surface area contributed by atoms with Gasteiger partial charge >= 0.3 is 29.6 Å². The van der Waals surface area contributed by atoms with Crippen LogP contribution in [0.5, 0.6) is 0 Å². The van der Waals surface area contributed by atoms with Gasteiger partial charge in [-0.1, -0.05) is 30.3 Å². The molecule has 1 rings (SSSR count). The summed E-state index contributed by atoms with van der Waals surface area (Å²) in [6.45, 7) is 2.63. The Labute approximate surface area is 111 Å². The normalized spacial score (nSPS) is 10.6. The first-order valence-corrected chi connectivity index (χ1v) is 4.37. The monoisotopic (exact) mass is 217 g/mol. The molecule has 0 amide bonds. The molecule has 0 saturated carbocycles. The van der Waals surface area contributed by atoms with E-state index in [-0.39, 0.29) is 34.5 Å². The van der Waals surface area contributed by atoms with Crippen LogP contribution in [0.4, 0.5) is 0 Å². The molecule has 0 aliphatic carbocycles. The SMILES string of the molecule is CCN(Cc1ccccc1)/[N+]([O-])=N/[O-].[Na+]. The molecule has 15 heavy (non-hydrogen) atoms. The van der Waals surface area contributed by atoms with Gasteiger partial charge < -0.3 is 10.4 Å². The molecule has 0 aromatic heterocycles. The molecule has 0 unspecified atom stereocenters. The molecule has 5 nitrogen and oxygen atoms in total. The van der Waals surface area contributed by atoms with Gasteiger partial charge in [0.15, 0.2) is 0 Å². The molecule has 0 N–H and O–H groups in total. The van der Waals surface area contributed by atoms with Crippen LogP contribution in [0.2, 0.25) is 0 Å². The fraction of sp³-hybridized carbons (Fsp3) is 0.333. The maximum Gasteiger partial charge on any atom is 1.00 e. The van der Waals surface area contributed by atoms with Crippen molar-refractivity contribution in [2.24, 2.45) is 5.28 Å². The van der Waals surface area contributed by atoms with Crippen LogP contribution in [-0.4, -0.2) is 16.5 Å². The topological polar surface area (TPSA) is 64.7 Å². The van der Waals surface area contributed by atoms with Crippen LogP contribution in [0.25, 0.3) is 0 Å². The van der Waals surface area contributed by atoms with Crippen molar-refractivity contribution in [1.82, 2.24) is 5.01 Å². The molecule has 1 aromatic carbocycles. The smallest absolute Gasteiger partial charge is 0.737 e. The molecule has 76 valence electrons. The predicted octanol–water partition coefficient (Wildman–Crippen LogP) is -1.11. The van der Waals surface area contributed by atoms with Crippen molar-refractivity contribution in [2.45, 2.75) is 13.5 Å². The van der Waals surface area contributed by atoms with Crippen LogP contribution in [0.3, 0.4) is 0 Å². The van der Waals surface area contributed by atoms with Crippen LogP contribution in [0.1, 0.15) is 12.5 Å². The summed E-state index contributed by atoms with van der Waals surface area (Å²) in [5.41, 5.74) is 0.971. The number of hydrazine groups is 1. The zero-order valence-electron chi connectivity index (χ0n) is 8.96. The van der Waals surface area contributed by atoms with Crippen molar-refractivity contribution in [3.63, 3.8) is 0 Å². The Morgan fingerprint density at radius 3 is 2.40 bits per heavy atom. The summed E-state index contributed by atoms with van der Waals surface area (Å²) in [5, 5.41) is 24.5. The first kappa shape index (κ1) is 14.2. The predicted molar refractivity (Wildman–Crippen MR) is 51.9 cm³/mol. The van der Waals surface area contributed by atoms with E-state index in [4.69, 9.17) is 0 Å². The van der Waals surface area contributed by atoms with Crippen LogP contribution in [0.15, 0.2) is 35.6 Å². The molecule has 0 aliphatic heterocycles. The quantitative estimate of drug-likeness (QED) is 0.278. The Balaban J connectivity index is 0.00000196. The van der Waals surface area contributed by atoms with Crippen molar-refractivity contribution in [3.8, 4) is 0 Å². The molecule has 0 saturated heterocycles. The van der Waals surface area contributed by atoms with Crippen LogP contribution >= 0.6 is 0 Å². The molecular formula is C9H12N3NaO2. The number of rotatable bonds is 4. The molecule has 1 aromatic rings. The minimum atomic E-state index is 0. The van der Waals surface area contributed by atoms with E-state index in [1.54, 1.807) is 6.92 Å². The van der Waals surface area contributed by atoms with Gasteiger partial charge in [0, 0.05) is 4.97 Å². The van der Waals surface area contributed by atoms with E-state index in [1.165, 1.54) is 5.01 Å². The Morgan fingerprint density at radius 2 is 1.93 bits per heavy atom. The van der Waals surface area contributed by atoms with Crippen molar-refractivity contribution in [3.05, 3.63) is 46.3 Å². The van der Waals surface area contributed by atoms with Gasteiger partial charge in [-0.05, 0) is 17.8 Å². The van der Waals surface area contributed by atoms with Crippen molar-refractivity contribution in [1.29, 1.82) is 0 Å². The van der Waals surface area contributed by atoms with Gasteiger partial charge in [0.05, 0.1) is 6.54 Å². The Morgan fingerprint density at radius 1 is 1.33 bits per heavy atom. The Hall–Kier alpha value is -0.780. The molecule has 0 radical (unpaired) electrons. The standard InChI is InChI=1S/C9H13N3O2.Na/c1-2-11(12(14)10-13)8-9-6-4-3-5-7-9;/h3-7,13H,2,8H2,1H3;/q;+1/p-1/b12-10-;. The average Bonchev–Trinajstić information content (AvgIpc) is 2.26. The van der Waals surface area contributed by atoms with Gasteiger partial charge in [-0.25, -0.2) is 0 Å². The second-order valence-electron chi connectivity index (χ2n) is 2.80. The minimum absolute atomic E-state index is 0. The third-order valence-electron chi connectivity index (χ3n) is 1.88. The third-order valence-corrected chi connectivity index (χ3v) is 1.88. The Bertz CT molecular complexity index is 305. The van der Waals surface area contributed by atoms with Gasteiger partial charge in [0.25, 0.3) is 0 Å². The zero-order valence-corrected chi connectivity index (χ0v) is 11.0. The molecule has 0 bridgehead atoms. The number of benzene rings is 1. The van der Waals surface area contributed by atoms with Crippen LogP contribution < -0.4 is 29.6 Å². The van der Waals surface area contributed by atoms with Gasteiger partial charge in [-0.3, -0.25) is 0 Å².